The average molecular weight is 313 g/mol. The van der Waals surface area contributed by atoms with E-state index in [9.17, 15) is 4.79 Å². The van der Waals surface area contributed by atoms with Crippen molar-refractivity contribution in [3.8, 4) is 0 Å². The quantitative estimate of drug-likeness (QED) is 0.731. The minimum Gasteiger partial charge on any atom is -0.465 e. The van der Waals surface area contributed by atoms with Crippen LogP contribution in [0.2, 0.25) is 5.02 Å². The molecule has 1 aliphatic rings. The van der Waals surface area contributed by atoms with Gasteiger partial charge in [0.25, 0.3) is 0 Å². The third kappa shape index (κ3) is 4.88. The van der Waals surface area contributed by atoms with Gasteiger partial charge in [0, 0.05) is 17.5 Å². The van der Waals surface area contributed by atoms with Crippen molar-refractivity contribution in [3.05, 3.63) is 34.9 Å². The third-order valence-electron chi connectivity index (χ3n) is 3.62. The molecule has 1 aromatic carbocycles. The Balaban J connectivity index is 2.15. The number of benzene rings is 1. The number of hydrogen-bond acceptors (Lipinski definition) is 3. The lowest BCUT2D eigenvalue weighted by atomic mass is 9.89. The second-order valence-corrected chi connectivity index (χ2v) is 5.75. The van der Waals surface area contributed by atoms with Crippen molar-refractivity contribution in [2.75, 3.05) is 13.1 Å². The Kier molecular flexibility index (Phi) is 5.85. The van der Waals surface area contributed by atoms with Crippen LogP contribution in [0.3, 0.4) is 0 Å². The topological polar surface area (TPSA) is 70.6 Å². The molecule has 0 bridgehead atoms. The molecule has 1 heterocycles. The van der Waals surface area contributed by atoms with Crippen LogP contribution in [0.5, 0.6) is 0 Å². The first-order valence-corrected chi connectivity index (χ1v) is 7.55. The molecule has 1 fully saturated rings. The van der Waals surface area contributed by atoms with Gasteiger partial charge in [-0.2, -0.15) is 0 Å². The monoisotopic (exact) mass is 312 g/mol. The van der Waals surface area contributed by atoms with Gasteiger partial charge in [-0.05, 0) is 44.0 Å². The van der Waals surface area contributed by atoms with Crippen LogP contribution >= 0.6 is 11.6 Å². The number of hydrogen-bond donors (Lipinski definition) is 3. The zero-order chi connectivity index (χ0) is 15.2. The standard InChI is InChI=1S/C15H21ClN2O3/c1-10(18-15(19)20)21-14(12-5-3-7-17-9-12)11-4-2-6-13(16)8-11/h2,4,6,8,10,12,14,17-18H,3,5,7,9H2,1H3,(H,19,20)/t10-,12-,14?/m1/s1. The first-order valence-electron chi connectivity index (χ1n) is 7.17. The van der Waals surface area contributed by atoms with Crippen LogP contribution in [0.25, 0.3) is 0 Å². The van der Waals surface area contributed by atoms with Crippen molar-refractivity contribution >= 4 is 17.7 Å². The minimum absolute atomic E-state index is 0.182. The summed E-state index contributed by atoms with van der Waals surface area (Å²) in [5, 5.41) is 15.2. The van der Waals surface area contributed by atoms with Gasteiger partial charge in [-0.25, -0.2) is 4.79 Å². The average Bonchev–Trinajstić information content (AvgIpc) is 2.45. The van der Waals surface area contributed by atoms with Gasteiger partial charge in [-0.15, -0.1) is 0 Å². The number of carboxylic acid groups (broad SMARTS) is 1. The molecule has 0 radical (unpaired) electrons. The van der Waals surface area contributed by atoms with Gasteiger partial charge < -0.3 is 15.2 Å². The predicted octanol–water partition coefficient (Wildman–Crippen LogP) is 3.01. The number of ether oxygens (including phenoxy) is 1. The van der Waals surface area contributed by atoms with E-state index in [0.717, 1.165) is 31.5 Å². The third-order valence-corrected chi connectivity index (χ3v) is 3.85. The fraction of sp³-hybridized carbons (Fsp3) is 0.533. The molecule has 0 saturated carbocycles. The lowest BCUT2D eigenvalue weighted by Gasteiger charge is -2.33. The van der Waals surface area contributed by atoms with E-state index in [1.54, 1.807) is 6.92 Å². The maximum atomic E-state index is 10.7. The molecule has 2 rings (SSSR count). The Morgan fingerprint density at radius 1 is 1.57 bits per heavy atom. The van der Waals surface area contributed by atoms with E-state index >= 15 is 0 Å². The molecule has 0 spiro atoms. The molecule has 1 unspecified atom stereocenters. The van der Waals surface area contributed by atoms with E-state index in [1.165, 1.54) is 0 Å². The van der Waals surface area contributed by atoms with E-state index < -0.39 is 12.3 Å². The molecule has 5 nitrogen and oxygen atoms in total. The van der Waals surface area contributed by atoms with E-state index in [0.29, 0.717) is 10.9 Å². The second-order valence-electron chi connectivity index (χ2n) is 5.31. The van der Waals surface area contributed by atoms with Crippen molar-refractivity contribution in [2.45, 2.75) is 32.1 Å². The highest BCUT2D eigenvalue weighted by atomic mass is 35.5. The number of nitrogens with one attached hydrogen (secondary N) is 2. The lowest BCUT2D eigenvalue weighted by molar-refractivity contribution is -0.0530. The van der Waals surface area contributed by atoms with Crippen molar-refractivity contribution in [1.82, 2.24) is 10.6 Å². The number of carbonyl (C=O) groups is 1. The van der Waals surface area contributed by atoms with Crippen LogP contribution in [0.4, 0.5) is 4.79 Å². The molecular weight excluding hydrogens is 292 g/mol. The van der Waals surface area contributed by atoms with Crippen molar-refractivity contribution in [3.63, 3.8) is 0 Å². The molecule has 3 atom stereocenters. The van der Waals surface area contributed by atoms with E-state index in [2.05, 4.69) is 10.6 Å². The first-order chi connectivity index (χ1) is 10.1. The van der Waals surface area contributed by atoms with E-state index in [1.807, 2.05) is 24.3 Å². The number of amides is 1. The van der Waals surface area contributed by atoms with Gasteiger partial charge in [0.2, 0.25) is 0 Å². The normalized spacial score (nSPS) is 21.5. The smallest absolute Gasteiger partial charge is 0.406 e. The second kappa shape index (κ2) is 7.64. The van der Waals surface area contributed by atoms with Crippen molar-refractivity contribution < 1.29 is 14.6 Å². The summed E-state index contributed by atoms with van der Waals surface area (Å²) in [6.45, 7) is 3.57. The van der Waals surface area contributed by atoms with Crippen molar-refractivity contribution in [1.29, 1.82) is 0 Å². The summed E-state index contributed by atoms with van der Waals surface area (Å²) in [4.78, 5) is 10.7. The minimum atomic E-state index is -1.09. The summed E-state index contributed by atoms with van der Waals surface area (Å²) in [7, 11) is 0. The molecule has 1 amide bonds. The van der Waals surface area contributed by atoms with Crippen LogP contribution in [0.1, 0.15) is 31.4 Å². The molecule has 1 aromatic rings. The molecule has 1 saturated heterocycles. The Morgan fingerprint density at radius 3 is 3.00 bits per heavy atom. The summed E-state index contributed by atoms with van der Waals surface area (Å²) in [6.07, 6.45) is 0.288. The molecule has 21 heavy (non-hydrogen) atoms. The van der Waals surface area contributed by atoms with Crippen LogP contribution in [-0.2, 0) is 4.74 Å². The summed E-state index contributed by atoms with van der Waals surface area (Å²) < 4.78 is 5.95. The number of halogens is 1. The Bertz CT molecular complexity index is 478. The lowest BCUT2D eigenvalue weighted by Crippen LogP contribution is -2.39. The van der Waals surface area contributed by atoms with Gasteiger partial charge in [-0.3, -0.25) is 5.32 Å². The van der Waals surface area contributed by atoms with Gasteiger partial charge in [0.05, 0.1) is 6.10 Å². The van der Waals surface area contributed by atoms with Crippen LogP contribution in [0, 0.1) is 5.92 Å². The van der Waals surface area contributed by atoms with Crippen LogP contribution in [0.15, 0.2) is 24.3 Å². The predicted molar refractivity (Wildman–Crippen MR) is 81.5 cm³/mol. The summed E-state index contributed by atoms with van der Waals surface area (Å²) in [6, 6.07) is 7.56. The first kappa shape index (κ1) is 16.1. The Morgan fingerprint density at radius 2 is 2.38 bits per heavy atom. The fourth-order valence-electron chi connectivity index (χ4n) is 2.71. The highest BCUT2D eigenvalue weighted by Gasteiger charge is 2.27. The molecule has 6 heteroatoms. The molecular formula is C15H21ClN2O3. The summed E-state index contributed by atoms with van der Waals surface area (Å²) in [5.74, 6) is 0.301. The van der Waals surface area contributed by atoms with Gasteiger partial charge in [0.1, 0.15) is 6.23 Å². The molecule has 3 N–H and O–H groups in total. The molecule has 0 aliphatic carbocycles. The maximum Gasteiger partial charge on any atom is 0.406 e. The highest BCUT2D eigenvalue weighted by Crippen LogP contribution is 2.32. The summed E-state index contributed by atoms with van der Waals surface area (Å²) in [5.41, 5.74) is 0.982. The maximum absolute atomic E-state index is 10.7. The summed E-state index contributed by atoms with van der Waals surface area (Å²) >= 11 is 6.07. The SMILES string of the molecule is C[C@H](NC(=O)O)OC(c1cccc(Cl)c1)[C@@H]1CCCNC1. The zero-order valence-corrected chi connectivity index (χ0v) is 12.8. The van der Waals surface area contributed by atoms with Gasteiger partial charge in [0.15, 0.2) is 0 Å². The van der Waals surface area contributed by atoms with Crippen LogP contribution < -0.4 is 10.6 Å². The molecule has 0 aromatic heterocycles. The zero-order valence-electron chi connectivity index (χ0n) is 12.0. The van der Waals surface area contributed by atoms with Gasteiger partial charge in [-0.1, -0.05) is 23.7 Å². The fourth-order valence-corrected chi connectivity index (χ4v) is 2.91. The van der Waals surface area contributed by atoms with Crippen molar-refractivity contribution in [2.24, 2.45) is 5.92 Å². The van der Waals surface area contributed by atoms with Gasteiger partial charge >= 0.3 is 6.09 Å². The molecule has 1 aliphatic heterocycles. The Hall–Kier alpha value is -1.30. The number of piperidine rings is 1. The van der Waals surface area contributed by atoms with Crippen LogP contribution in [-0.4, -0.2) is 30.5 Å². The molecule has 116 valence electrons. The van der Waals surface area contributed by atoms with E-state index in [-0.39, 0.29) is 6.10 Å². The highest BCUT2D eigenvalue weighted by molar-refractivity contribution is 6.30. The van der Waals surface area contributed by atoms with E-state index in [4.69, 9.17) is 21.4 Å². The number of rotatable bonds is 5. The largest absolute Gasteiger partial charge is 0.465 e. The Labute approximate surface area is 129 Å².